The molecule has 6 heteroatoms. The molecule has 0 aliphatic carbocycles. The molecular weight excluding hydrogens is 412 g/mol. The summed E-state index contributed by atoms with van der Waals surface area (Å²) in [5, 5.41) is 2.97. The highest BCUT2D eigenvalue weighted by molar-refractivity contribution is 9.10. The Kier molecular flexibility index (Phi) is 7.41. The van der Waals surface area contributed by atoms with Crippen molar-refractivity contribution >= 4 is 39.3 Å². The van der Waals surface area contributed by atoms with Crippen molar-refractivity contribution in [3.05, 3.63) is 58.6 Å². The number of amides is 1. The summed E-state index contributed by atoms with van der Waals surface area (Å²) in [5.74, 6) is 3.13. The fraction of sp³-hybridized carbons (Fsp3) is 0.350. The van der Waals surface area contributed by atoms with E-state index < -0.39 is 0 Å². The SMILES string of the molecule is O=C(CCOc1cccc(Br)c1)Nc1cccc(CN2CCSCC2)c1. The largest absolute Gasteiger partial charge is 0.493 e. The first-order valence-electron chi connectivity index (χ1n) is 8.76. The van der Waals surface area contributed by atoms with Crippen LogP contribution in [0.25, 0.3) is 0 Å². The number of benzene rings is 2. The molecule has 2 aromatic rings. The average Bonchev–Trinajstić information content (AvgIpc) is 2.63. The van der Waals surface area contributed by atoms with Gasteiger partial charge >= 0.3 is 0 Å². The van der Waals surface area contributed by atoms with Crippen LogP contribution in [0.15, 0.2) is 53.0 Å². The number of carbonyl (C=O) groups is 1. The molecule has 1 amide bonds. The minimum Gasteiger partial charge on any atom is -0.493 e. The molecule has 0 spiro atoms. The topological polar surface area (TPSA) is 41.6 Å². The molecule has 1 saturated heterocycles. The van der Waals surface area contributed by atoms with Gasteiger partial charge in [0.15, 0.2) is 0 Å². The van der Waals surface area contributed by atoms with E-state index in [9.17, 15) is 4.79 Å². The number of carbonyl (C=O) groups excluding carboxylic acids is 1. The van der Waals surface area contributed by atoms with Crippen LogP contribution >= 0.6 is 27.7 Å². The number of ether oxygens (including phenoxy) is 1. The number of rotatable bonds is 7. The van der Waals surface area contributed by atoms with Crippen molar-refractivity contribution in [3.63, 3.8) is 0 Å². The standard InChI is InChI=1S/C20H23BrN2O2S/c21-17-4-2-6-19(14-17)25-10-7-20(24)22-18-5-1-3-16(13-18)15-23-8-11-26-12-9-23/h1-6,13-14H,7-12,15H2,(H,22,24). The zero-order chi connectivity index (χ0) is 18.2. The first kappa shape index (κ1) is 19.3. The van der Waals surface area contributed by atoms with Gasteiger partial charge in [-0.3, -0.25) is 9.69 Å². The number of hydrogen-bond donors (Lipinski definition) is 1. The molecule has 3 rings (SSSR count). The molecule has 0 aromatic heterocycles. The molecule has 26 heavy (non-hydrogen) atoms. The normalized spacial score (nSPS) is 14.8. The molecule has 2 aromatic carbocycles. The molecule has 0 unspecified atom stereocenters. The first-order chi connectivity index (χ1) is 12.7. The third-order valence-corrected chi connectivity index (χ3v) is 5.55. The molecule has 1 heterocycles. The van der Waals surface area contributed by atoms with E-state index in [0.717, 1.165) is 35.5 Å². The molecule has 138 valence electrons. The zero-order valence-electron chi connectivity index (χ0n) is 14.6. The lowest BCUT2D eigenvalue weighted by Gasteiger charge is -2.26. The minimum absolute atomic E-state index is 0.0356. The summed E-state index contributed by atoms with van der Waals surface area (Å²) in [6.07, 6.45) is 0.320. The molecule has 1 N–H and O–H groups in total. The van der Waals surface area contributed by atoms with Gasteiger partial charge in [0, 0.05) is 41.3 Å². The smallest absolute Gasteiger partial charge is 0.227 e. The van der Waals surface area contributed by atoms with E-state index in [1.54, 1.807) is 0 Å². The fourth-order valence-electron chi connectivity index (χ4n) is 2.81. The Bertz CT molecular complexity index is 735. The Morgan fingerprint density at radius 2 is 1.96 bits per heavy atom. The molecule has 0 saturated carbocycles. The number of nitrogens with one attached hydrogen (secondary N) is 1. The van der Waals surface area contributed by atoms with E-state index in [1.165, 1.54) is 17.1 Å². The predicted molar refractivity (Wildman–Crippen MR) is 112 cm³/mol. The number of anilines is 1. The quantitative estimate of drug-likeness (QED) is 0.700. The summed E-state index contributed by atoms with van der Waals surface area (Å²) in [6.45, 7) is 3.56. The van der Waals surface area contributed by atoms with Crippen LogP contribution in [-0.4, -0.2) is 42.0 Å². The Morgan fingerprint density at radius 1 is 1.15 bits per heavy atom. The minimum atomic E-state index is -0.0356. The Morgan fingerprint density at radius 3 is 2.77 bits per heavy atom. The second-order valence-corrected chi connectivity index (χ2v) is 8.33. The van der Waals surface area contributed by atoms with Crippen LogP contribution in [0.3, 0.4) is 0 Å². The molecule has 0 atom stereocenters. The number of thioether (sulfide) groups is 1. The van der Waals surface area contributed by atoms with E-state index >= 15 is 0 Å². The van der Waals surface area contributed by atoms with Crippen LogP contribution in [-0.2, 0) is 11.3 Å². The van der Waals surface area contributed by atoms with Crippen LogP contribution in [0.4, 0.5) is 5.69 Å². The first-order valence-corrected chi connectivity index (χ1v) is 10.7. The molecule has 1 aliphatic rings. The van der Waals surface area contributed by atoms with Crippen LogP contribution in [0.5, 0.6) is 5.75 Å². The lowest BCUT2D eigenvalue weighted by atomic mass is 10.2. The van der Waals surface area contributed by atoms with Crippen molar-refractivity contribution in [1.82, 2.24) is 4.90 Å². The summed E-state index contributed by atoms with van der Waals surface area (Å²) in [6, 6.07) is 15.7. The number of nitrogens with zero attached hydrogens (tertiary/aromatic N) is 1. The van der Waals surface area contributed by atoms with E-state index in [1.807, 2.05) is 48.2 Å². The maximum atomic E-state index is 12.2. The van der Waals surface area contributed by atoms with E-state index in [0.29, 0.717) is 13.0 Å². The maximum absolute atomic E-state index is 12.2. The lowest BCUT2D eigenvalue weighted by molar-refractivity contribution is -0.116. The van der Waals surface area contributed by atoms with Gasteiger partial charge in [0.05, 0.1) is 13.0 Å². The van der Waals surface area contributed by atoms with Crippen LogP contribution < -0.4 is 10.1 Å². The maximum Gasteiger partial charge on any atom is 0.227 e. The van der Waals surface area contributed by atoms with Gasteiger partial charge in [-0.25, -0.2) is 0 Å². The second-order valence-electron chi connectivity index (χ2n) is 6.19. The van der Waals surface area contributed by atoms with Gasteiger partial charge in [0.2, 0.25) is 5.91 Å². The summed E-state index contributed by atoms with van der Waals surface area (Å²) < 4.78 is 6.58. The predicted octanol–water partition coefficient (Wildman–Crippen LogP) is 4.41. The average molecular weight is 435 g/mol. The highest BCUT2D eigenvalue weighted by atomic mass is 79.9. The second kappa shape index (κ2) is 10.00. The van der Waals surface area contributed by atoms with Crippen molar-refractivity contribution in [2.24, 2.45) is 0 Å². The van der Waals surface area contributed by atoms with Gasteiger partial charge < -0.3 is 10.1 Å². The third-order valence-electron chi connectivity index (χ3n) is 4.11. The van der Waals surface area contributed by atoms with Crippen LogP contribution in [0.2, 0.25) is 0 Å². The van der Waals surface area contributed by atoms with Gasteiger partial charge in [-0.05, 0) is 35.9 Å². The summed E-state index contributed by atoms with van der Waals surface area (Å²) in [4.78, 5) is 14.6. The molecule has 1 aliphatic heterocycles. The fourth-order valence-corrected chi connectivity index (χ4v) is 4.16. The van der Waals surface area contributed by atoms with Crippen molar-refractivity contribution in [2.45, 2.75) is 13.0 Å². The third kappa shape index (κ3) is 6.34. The number of hydrogen-bond acceptors (Lipinski definition) is 4. The number of halogens is 1. The van der Waals surface area contributed by atoms with Crippen molar-refractivity contribution < 1.29 is 9.53 Å². The monoisotopic (exact) mass is 434 g/mol. The van der Waals surface area contributed by atoms with Crippen LogP contribution in [0.1, 0.15) is 12.0 Å². The molecule has 4 nitrogen and oxygen atoms in total. The molecule has 0 radical (unpaired) electrons. The van der Waals surface area contributed by atoms with E-state index in [-0.39, 0.29) is 5.91 Å². The van der Waals surface area contributed by atoms with Gasteiger partial charge in [-0.2, -0.15) is 11.8 Å². The van der Waals surface area contributed by atoms with Gasteiger partial charge in [0.25, 0.3) is 0 Å². The van der Waals surface area contributed by atoms with Gasteiger partial charge in [-0.15, -0.1) is 0 Å². The lowest BCUT2D eigenvalue weighted by Crippen LogP contribution is -2.31. The van der Waals surface area contributed by atoms with E-state index in [4.69, 9.17) is 4.74 Å². The van der Waals surface area contributed by atoms with Crippen molar-refractivity contribution in [3.8, 4) is 5.75 Å². The Hall–Kier alpha value is -1.50. The van der Waals surface area contributed by atoms with Gasteiger partial charge in [-0.1, -0.05) is 34.1 Å². The summed E-state index contributed by atoms with van der Waals surface area (Å²) >= 11 is 5.42. The summed E-state index contributed by atoms with van der Waals surface area (Å²) in [7, 11) is 0. The summed E-state index contributed by atoms with van der Waals surface area (Å²) in [5.41, 5.74) is 2.08. The highest BCUT2D eigenvalue weighted by Gasteiger charge is 2.11. The van der Waals surface area contributed by atoms with Gasteiger partial charge in [0.1, 0.15) is 5.75 Å². The van der Waals surface area contributed by atoms with Crippen LogP contribution in [0, 0.1) is 0 Å². The van der Waals surface area contributed by atoms with E-state index in [2.05, 4.69) is 38.3 Å². The molecule has 1 fully saturated rings. The molecular formula is C20H23BrN2O2S. The Labute approximate surface area is 167 Å². The molecule has 0 bridgehead atoms. The van der Waals surface area contributed by atoms with Crippen molar-refractivity contribution in [1.29, 1.82) is 0 Å². The van der Waals surface area contributed by atoms with Crippen molar-refractivity contribution in [2.75, 3.05) is 36.5 Å². The highest BCUT2D eigenvalue weighted by Crippen LogP contribution is 2.18. The Balaban J connectivity index is 1.45. The zero-order valence-corrected chi connectivity index (χ0v) is 17.0.